The Morgan fingerprint density at radius 2 is 2.06 bits per heavy atom. The Balaban J connectivity index is 1.58. The Morgan fingerprint density at radius 3 is 2.76 bits per heavy atom. The zero-order valence-electron chi connectivity index (χ0n) is 19.8. The third-order valence-corrected chi connectivity index (χ3v) is 7.37. The number of hydrogen-bond donors (Lipinski definition) is 1. The van der Waals surface area contributed by atoms with Gasteiger partial charge in [0.1, 0.15) is 15.8 Å². The highest BCUT2D eigenvalue weighted by Gasteiger charge is 2.26. The van der Waals surface area contributed by atoms with E-state index >= 15 is 0 Å². The summed E-state index contributed by atoms with van der Waals surface area (Å²) in [6.45, 7) is 8.36. The van der Waals surface area contributed by atoms with Crippen molar-refractivity contribution in [3.63, 3.8) is 0 Å². The summed E-state index contributed by atoms with van der Waals surface area (Å²) in [6, 6.07) is 12.0. The standard InChI is InChI=1S/C26H30ClN3O3S/c1-4-20-18(14-30-12-6-8-19(15-30)26(31)32)7-5-9-21(20)25-29-28-24(34-25)17-10-11-23(22(27)13-17)33-16(2)3/h5,7,9-11,13,16,19H,4,6,8,12,14-15H2,1-3H3,(H,31,32)/t19-/m0/s1. The van der Waals surface area contributed by atoms with Crippen molar-refractivity contribution in [2.75, 3.05) is 13.1 Å². The molecule has 1 aromatic heterocycles. The van der Waals surface area contributed by atoms with Crippen LogP contribution in [0.4, 0.5) is 0 Å². The molecule has 6 nitrogen and oxygen atoms in total. The average Bonchev–Trinajstić information content (AvgIpc) is 3.30. The SMILES string of the molecule is CCc1c(CN2CCC[C@H](C(=O)O)C2)cccc1-c1nnc(-c2ccc(OC(C)C)c(Cl)c2)s1. The van der Waals surface area contributed by atoms with E-state index in [0.29, 0.717) is 17.3 Å². The molecule has 34 heavy (non-hydrogen) atoms. The van der Waals surface area contributed by atoms with Crippen LogP contribution < -0.4 is 4.74 Å². The number of aromatic nitrogens is 2. The molecule has 1 aliphatic rings. The highest BCUT2D eigenvalue weighted by molar-refractivity contribution is 7.17. The molecule has 3 aromatic rings. The fourth-order valence-corrected chi connectivity index (χ4v) is 5.59. The Hall–Kier alpha value is -2.48. The lowest BCUT2D eigenvalue weighted by molar-refractivity contribution is -0.143. The quantitative estimate of drug-likeness (QED) is 0.399. The summed E-state index contributed by atoms with van der Waals surface area (Å²) in [6.07, 6.45) is 2.59. The highest BCUT2D eigenvalue weighted by atomic mass is 35.5. The van der Waals surface area contributed by atoms with Crippen LogP contribution in [0, 0.1) is 5.92 Å². The van der Waals surface area contributed by atoms with Gasteiger partial charge in [0, 0.05) is 24.2 Å². The maximum Gasteiger partial charge on any atom is 0.307 e. The van der Waals surface area contributed by atoms with Gasteiger partial charge in [0.25, 0.3) is 0 Å². The summed E-state index contributed by atoms with van der Waals surface area (Å²) in [5.74, 6) is -0.315. The Labute approximate surface area is 209 Å². The van der Waals surface area contributed by atoms with Crippen LogP contribution in [0.3, 0.4) is 0 Å². The molecule has 4 rings (SSSR count). The van der Waals surface area contributed by atoms with Gasteiger partial charge < -0.3 is 9.84 Å². The van der Waals surface area contributed by atoms with E-state index in [1.807, 2.05) is 32.0 Å². The van der Waals surface area contributed by atoms with Gasteiger partial charge in [-0.05, 0) is 69.0 Å². The minimum atomic E-state index is -0.695. The van der Waals surface area contributed by atoms with Gasteiger partial charge in [-0.3, -0.25) is 9.69 Å². The minimum absolute atomic E-state index is 0.0520. The smallest absolute Gasteiger partial charge is 0.307 e. The van der Waals surface area contributed by atoms with Crippen LogP contribution in [0.5, 0.6) is 5.75 Å². The first-order valence-corrected chi connectivity index (χ1v) is 12.9. The number of hydrogen-bond acceptors (Lipinski definition) is 6. The van der Waals surface area contributed by atoms with Crippen molar-refractivity contribution in [2.45, 2.75) is 52.7 Å². The van der Waals surface area contributed by atoms with Gasteiger partial charge in [-0.15, -0.1) is 10.2 Å². The molecule has 1 N–H and O–H groups in total. The molecule has 2 heterocycles. The third-order valence-electron chi connectivity index (χ3n) is 6.07. The molecule has 0 spiro atoms. The van der Waals surface area contributed by atoms with Crippen molar-refractivity contribution in [1.29, 1.82) is 0 Å². The van der Waals surface area contributed by atoms with E-state index in [0.717, 1.165) is 53.5 Å². The van der Waals surface area contributed by atoms with Crippen molar-refractivity contribution < 1.29 is 14.6 Å². The van der Waals surface area contributed by atoms with E-state index in [2.05, 4.69) is 40.2 Å². The van der Waals surface area contributed by atoms with Crippen molar-refractivity contribution in [1.82, 2.24) is 15.1 Å². The van der Waals surface area contributed by atoms with Crippen LogP contribution in [-0.2, 0) is 17.8 Å². The van der Waals surface area contributed by atoms with Gasteiger partial charge in [-0.2, -0.15) is 0 Å². The number of nitrogens with zero attached hydrogens (tertiary/aromatic N) is 3. The number of carbonyl (C=O) groups is 1. The first kappa shape index (κ1) is 24.6. The number of likely N-dealkylation sites (tertiary alicyclic amines) is 1. The van der Waals surface area contributed by atoms with E-state index in [9.17, 15) is 9.90 Å². The molecule has 0 aliphatic carbocycles. The average molecular weight is 500 g/mol. The molecule has 0 radical (unpaired) electrons. The normalized spacial score (nSPS) is 16.7. The fourth-order valence-electron chi connectivity index (χ4n) is 4.47. The first-order chi connectivity index (χ1) is 16.4. The lowest BCUT2D eigenvalue weighted by Gasteiger charge is -2.31. The molecule has 1 aliphatic heterocycles. The van der Waals surface area contributed by atoms with Crippen LogP contribution in [0.15, 0.2) is 36.4 Å². The first-order valence-electron chi connectivity index (χ1n) is 11.7. The monoisotopic (exact) mass is 499 g/mol. The summed E-state index contributed by atoms with van der Waals surface area (Å²) in [4.78, 5) is 13.7. The van der Waals surface area contributed by atoms with E-state index in [1.54, 1.807) is 11.3 Å². The Kier molecular flexibility index (Phi) is 7.86. The second-order valence-corrected chi connectivity index (χ2v) is 10.3. The minimum Gasteiger partial charge on any atom is -0.489 e. The molecule has 0 amide bonds. The van der Waals surface area contributed by atoms with Crippen molar-refractivity contribution in [3.05, 3.63) is 52.5 Å². The van der Waals surface area contributed by atoms with Crippen LogP contribution in [0.1, 0.15) is 44.7 Å². The largest absolute Gasteiger partial charge is 0.489 e. The molecule has 2 aromatic carbocycles. The molecular weight excluding hydrogens is 470 g/mol. The molecule has 0 unspecified atom stereocenters. The number of halogens is 1. The molecule has 0 saturated carbocycles. The Morgan fingerprint density at radius 1 is 1.26 bits per heavy atom. The van der Waals surface area contributed by atoms with Gasteiger partial charge in [0.05, 0.1) is 17.0 Å². The topological polar surface area (TPSA) is 75.6 Å². The maximum atomic E-state index is 11.5. The van der Waals surface area contributed by atoms with Gasteiger partial charge >= 0.3 is 5.97 Å². The van der Waals surface area contributed by atoms with Crippen molar-refractivity contribution in [2.24, 2.45) is 5.92 Å². The summed E-state index contributed by atoms with van der Waals surface area (Å²) >= 11 is 7.97. The number of carboxylic acid groups (broad SMARTS) is 1. The zero-order chi connectivity index (χ0) is 24.2. The molecule has 1 atom stereocenters. The summed E-state index contributed by atoms with van der Waals surface area (Å²) < 4.78 is 5.73. The molecule has 0 bridgehead atoms. The van der Waals surface area contributed by atoms with E-state index in [-0.39, 0.29) is 12.0 Å². The maximum absolute atomic E-state index is 11.5. The molecule has 1 saturated heterocycles. The molecule has 8 heteroatoms. The predicted octanol–water partition coefficient (Wildman–Crippen LogP) is 6.17. The number of benzene rings is 2. The fraction of sp³-hybridized carbons (Fsp3) is 0.423. The number of rotatable bonds is 8. The van der Waals surface area contributed by atoms with Crippen molar-refractivity contribution in [3.8, 4) is 26.9 Å². The number of aliphatic carboxylic acids is 1. The second kappa shape index (κ2) is 10.8. The number of piperidine rings is 1. The van der Waals surface area contributed by atoms with Gasteiger partial charge in [-0.1, -0.05) is 48.1 Å². The van der Waals surface area contributed by atoms with E-state index < -0.39 is 5.97 Å². The molecule has 180 valence electrons. The summed E-state index contributed by atoms with van der Waals surface area (Å²) in [5.41, 5.74) is 4.45. The zero-order valence-corrected chi connectivity index (χ0v) is 21.3. The van der Waals surface area contributed by atoms with E-state index in [4.69, 9.17) is 16.3 Å². The third kappa shape index (κ3) is 5.59. The lowest BCUT2D eigenvalue weighted by atomic mass is 9.95. The van der Waals surface area contributed by atoms with E-state index in [1.165, 1.54) is 11.1 Å². The van der Waals surface area contributed by atoms with Crippen LogP contribution in [-0.4, -0.2) is 45.4 Å². The van der Waals surface area contributed by atoms with Crippen LogP contribution in [0.25, 0.3) is 21.1 Å². The summed E-state index contributed by atoms with van der Waals surface area (Å²) in [5, 5.41) is 20.6. The second-order valence-electron chi connectivity index (χ2n) is 8.93. The highest BCUT2D eigenvalue weighted by Crippen LogP contribution is 2.36. The Bertz CT molecular complexity index is 1160. The van der Waals surface area contributed by atoms with Gasteiger partial charge in [-0.25, -0.2) is 0 Å². The molecular formula is C26H30ClN3O3S. The predicted molar refractivity (Wildman–Crippen MR) is 137 cm³/mol. The lowest BCUT2D eigenvalue weighted by Crippen LogP contribution is -2.38. The number of carboxylic acids is 1. The van der Waals surface area contributed by atoms with Gasteiger partial charge in [0.2, 0.25) is 0 Å². The van der Waals surface area contributed by atoms with Crippen LogP contribution in [0.2, 0.25) is 5.02 Å². The molecule has 1 fully saturated rings. The number of ether oxygens (including phenoxy) is 1. The van der Waals surface area contributed by atoms with Crippen LogP contribution >= 0.6 is 22.9 Å². The summed E-state index contributed by atoms with van der Waals surface area (Å²) in [7, 11) is 0. The van der Waals surface area contributed by atoms with Gasteiger partial charge in [0.15, 0.2) is 0 Å². The van der Waals surface area contributed by atoms with Crippen molar-refractivity contribution >= 4 is 28.9 Å².